The van der Waals surface area contributed by atoms with Crippen LogP contribution in [-0.4, -0.2) is 28.6 Å². The SMILES string of the molecule is COc1ccc(Cl)cc1-c1cccc(-n2cncc2C(=O)N[C@H]2C[C@@H](C)CC(C)(C)C2)c1. The van der Waals surface area contributed by atoms with Gasteiger partial charge >= 0.3 is 0 Å². The molecule has 2 atom stereocenters. The molecule has 0 bridgehead atoms. The number of hydrogen-bond donors (Lipinski definition) is 1. The third-order valence-corrected chi connectivity index (χ3v) is 6.43. The Morgan fingerprint density at radius 3 is 2.78 bits per heavy atom. The molecule has 3 aromatic rings. The van der Waals surface area contributed by atoms with Crippen LogP contribution in [0.4, 0.5) is 0 Å². The summed E-state index contributed by atoms with van der Waals surface area (Å²) >= 11 is 6.23. The van der Waals surface area contributed by atoms with E-state index >= 15 is 0 Å². The summed E-state index contributed by atoms with van der Waals surface area (Å²) in [5.74, 6) is 1.24. The zero-order chi connectivity index (χ0) is 22.9. The predicted molar refractivity (Wildman–Crippen MR) is 129 cm³/mol. The highest BCUT2D eigenvalue weighted by Gasteiger charge is 2.33. The van der Waals surface area contributed by atoms with Gasteiger partial charge in [-0.2, -0.15) is 0 Å². The van der Waals surface area contributed by atoms with Gasteiger partial charge in [-0.3, -0.25) is 9.36 Å². The average molecular weight is 452 g/mol. The molecule has 1 saturated carbocycles. The van der Waals surface area contributed by atoms with Gasteiger partial charge < -0.3 is 10.1 Å². The lowest BCUT2D eigenvalue weighted by Crippen LogP contribution is -2.43. The summed E-state index contributed by atoms with van der Waals surface area (Å²) in [6.45, 7) is 6.82. The Balaban J connectivity index is 1.61. The standard InChI is InChI=1S/C26H30ClN3O2/c1-17-10-20(14-26(2,3)13-17)29-25(31)23-15-28-16-30(23)21-7-5-6-18(11-21)22-12-19(27)8-9-24(22)32-4/h5-9,11-12,15-17,20H,10,13-14H2,1-4H3,(H,29,31)/t17-,20+/m1/s1. The molecule has 0 radical (unpaired) electrons. The highest BCUT2D eigenvalue weighted by Crippen LogP contribution is 2.38. The minimum Gasteiger partial charge on any atom is -0.496 e. The fourth-order valence-corrected chi connectivity index (χ4v) is 5.29. The molecule has 1 heterocycles. The zero-order valence-electron chi connectivity index (χ0n) is 19.1. The van der Waals surface area contributed by atoms with Crippen molar-refractivity contribution in [3.8, 4) is 22.6 Å². The second kappa shape index (κ2) is 8.99. The van der Waals surface area contributed by atoms with Gasteiger partial charge in [0.15, 0.2) is 0 Å². The van der Waals surface area contributed by atoms with Crippen LogP contribution in [-0.2, 0) is 0 Å². The first-order chi connectivity index (χ1) is 15.3. The summed E-state index contributed by atoms with van der Waals surface area (Å²) < 4.78 is 7.34. The van der Waals surface area contributed by atoms with E-state index in [9.17, 15) is 4.79 Å². The minimum absolute atomic E-state index is 0.0943. The summed E-state index contributed by atoms with van der Waals surface area (Å²) in [6.07, 6.45) is 6.49. The number of carbonyl (C=O) groups excluding carboxylic acids is 1. The summed E-state index contributed by atoms with van der Waals surface area (Å²) in [5.41, 5.74) is 3.46. The van der Waals surface area contributed by atoms with E-state index in [0.29, 0.717) is 16.6 Å². The number of aromatic nitrogens is 2. The second-order valence-electron chi connectivity index (χ2n) is 9.63. The fraction of sp³-hybridized carbons (Fsp3) is 0.385. The molecule has 4 rings (SSSR count). The van der Waals surface area contributed by atoms with Crippen LogP contribution in [0.3, 0.4) is 0 Å². The molecule has 1 aliphatic carbocycles. The summed E-state index contributed by atoms with van der Waals surface area (Å²) in [6, 6.07) is 13.6. The molecular formula is C26H30ClN3O2. The maximum atomic E-state index is 13.2. The summed E-state index contributed by atoms with van der Waals surface area (Å²) in [7, 11) is 1.64. The van der Waals surface area contributed by atoms with Gasteiger partial charge in [0.1, 0.15) is 11.4 Å². The molecule has 6 heteroatoms. The number of amides is 1. The monoisotopic (exact) mass is 451 g/mol. The first-order valence-electron chi connectivity index (χ1n) is 11.0. The van der Waals surface area contributed by atoms with E-state index in [1.165, 1.54) is 6.42 Å². The molecule has 32 heavy (non-hydrogen) atoms. The van der Waals surface area contributed by atoms with Crippen LogP contribution >= 0.6 is 11.6 Å². The Kier molecular flexibility index (Phi) is 6.29. The molecule has 1 aromatic heterocycles. The van der Waals surface area contributed by atoms with Gasteiger partial charge in [0.25, 0.3) is 5.91 Å². The molecule has 2 aromatic carbocycles. The van der Waals surface area contributed by atoms with Gasteiger partial charge in [-0.25, -0.2) is 4.98 Å². The van der Waals surface area contributed by atoms with Gasteiger partial charge in [-0.15, -0.1) is 0 Å². The first kappa shape index (κ1) is 22.4. The topological polar surface area (TPSA) is 56.2 Å². The average Bonchev–Trinajstić information content (AvgIpc) is 3.22. The minimum atomic E-state index is -0.0943. The molecule has 168 valence electrons. The molecule has 1 amide bonds. The highest BCUT2D eigenvalue weighted by atomic mass is 35.5. The van der Waals surface area contributed by atoms with Gasteiger partial charge in [0.05, 0.1) is 19.6 Å². The number of imidazole rings is 1. The van der Waals surface area contributed by atoms with Crippen molar-refractivity contribution in [3.05, 3.63) is 65.7 Å². The van der Waals surface area contributed by atoms with E-state index in [4.69, 9.17) is 16.3 Å². The predicted octanol–water partition coefficient (Wildman–Crippen LogP) is 6.15. The lowest BCUT2D eigenvalue weighted by atomic mass is 9.70. The van der Waals surface area contributed by atoms with Crippen LogP contribution in [0.1, 0.15) is 50.5 Å². The van der Waals surface area contributed by atoms with Crippen molar-refractivity contribution < 1.29 is 9.53 Å². The largest absolute Gasteiger partial charge is 0.496 e. The van der Waals surface area contributed by atoms with Crippen LogP contribution in [0.15, 0.2) is 55.0 Å². The van der Waals surface area contributed by atoms with Crippen molar-refractivity contribution in [1.29, 1.82) is 0 Å². The molecule has 0 aliphatic heterocycles. The van der Waals surface area contributed by atoms with Crippen molar-refractivity contribution in [2.75, 3.05) is 7.11 Å². The fourth-order valence-electron chi connectivity index (χ4n) is 5.11. The lowest BCUT2D eigenvalue weighted by Gasteiger charge is -2.39. The number of rotatable bonds is 5. The zero-order valence-corrected chi connectivity index (χ0v) is 19.8. The first-order valence-corrected chi connectivity index (χ1v) is 11.4. The Bertz CT molecular complexity index is 1120. The Morgan fingerprint density at radius 2 is 2.03 bits per heavy atom. The van der Waals surface area contributed by atoms with E-state index < -0.39 is 0 Å². The third-order valence-electron chi connectivity index (χ3n) is 6.19. The Hall–Kier alpha value is -2.79. The number of hydrogen-bond acceptors (Lipinski definition) is 3. The number of nitrogens with zero attached hydrogens (tertiary/aromatic N) is 2. The van der Waals surface area contributed by atoms with Crippen LogP contribution in [0.5, 0.6) is 5.75 Å². The van der Waals surface area contributed by atoms with Gasteiger partial charge in [0.2, 0.25) is 0 Å². The molecule has 0 unspecified atom stereocenters. The second-order valence-corrected chi connectivity index (χ2v) is 10.1. The van der Waals surface area contributed by atoms with Crippen LogP contribution in [0.2, 0.25) is 5.02 Å². The van der Waals surface area contributed by atoms with E-state index in [1.54, 1.807) is 25.7 Å². The van der Waals surface area contributed by atoms with E-state index in [1.807, 2.05) is 41.0 Å². The van der Waals surface area contributed by atoms with Gasteiger partial charge in [-0.1, -0.05) is 44.5 Å². The van der Waals surface area contributed by atoms with Crippen molar-refractivity contribution in [2.45, 2.75) is 46.1 Å². The smallest absolute Gasteiger partial charge is 0.270 e. The molecule has 5 nitrogen and oxygen atoms in total. The number of ether oxygens (including phenoxy) is 1. The van der Waals surface area contributed by atoms with Crippen molar-refractivity contribution in [1.82, 2.24) is 14.9 Å². The number of methoxy groups -OCH3 is 1. The number of nitrogens with one attached hydrogen (secondary N) is 1. The maximum Gasteiger partial charge on any atom is 0.270 e. The Labute approximate surface area is 194 Å². The number of benzene rings is 2. The molecule has 1 aliphatic rings. The van der Waals surface area contributed by atoms with Crippen LogP contribution in [0, 0.1) is 11.3 Å². The molecule has 0 saturated heterocycles. The lowest BCUT2D eigenvalue weighted by molar-refractivity contribution is 0.0867. The number of halogens is 1. The van der Waals surface area contributed by atoms with Crippen molar-refractivity contribution >= 4 is 17.5 Å². The molecular weight excluding hydrogens is 422 g/mol. The Morgan fingerprint density at radius 1 is 1.22 bits per heavy atom. The quantitative estimate of drug-likeness (QED) is 0.506. The van der Waals surface area contributed by atoms with Crippen LogP contribution in [0.25, 0.3) is 16.8 Å². The molecule has 1 N–H and O–H groups in total. The van der Waals surface area contributed by atoms with E-state index in [0.717, 1.165) is 35.4 Å². The number of carbonyl (C=O) groups is 1. The molecule has 0 spiro atoms. The summed E-state index contributed by atoms with van der Waals surface area (Å²) in [4.78, 5) is 17.4. The van der Waals surface area contributed by atoms with Gasteiger partial charge in [0, 0.05) is 22.3 Å². The van der Waals surface area contributed by atoms with Crippen molar-refractivity contribution in [2.24, 2.45) is 11.3 Å². The van der Waals surface area contributed by atoms with E-state index in [2.05, 4.69) is 31.1 Å². The highest BCUT2D eigenvalue weighted by molar-refractivity contribution is 6.31. The third kappa shape index (κ3) is 4.83. The summed E-state index contributed by atoms with van der Waals surface area (Å²) in [5, 5.41) is 3.89. The molecule has 1 fully saturated rings. The van der Waals surface area contributed by atoms with Gasteiger partial charge in [-0.05, 0) is 66.5 Å². The van der Waals surface area contributed by atoms with Crippen LogP contribution < -0.4 is 10.1 Å². The maximum absolute atomic E-state index is 13.2. The van der Waals surface area contributed by atoms with Crippen molar-refractivity contribution in [3.63, 3.8) is 0 Å². The normalized spacial score (nSPS) is 20.0. The van der Waals surface area contributed by atoms with E-state index in [-0.39, 0.29) is 17.4 Å².